The van der Waals surface area contributed by atoms with E-state index in [1.54, 1.807) is 12.1 Å². The number of carbonyl (C=O) groups is 1. The summed E-state index contributed by atoms with van der Waals surface area (Å²) in [5, 5.41) is 30.4. The fourth-order valence-electron chi connectivity index (χ4n) is 1.57. The molecule has 0 aliphatic heterocycles. The number of carboxylic acids is 1. The molecule has 0 saturated carbocycles. The number of aryl methyl sites for hydroxylation is 1. The number of thioether (sulfide) groups is 1. The highest BCUT2D eigenvalue weighted by Gasteiger charge is 2.10. The Labute approximate surface area is 123 Å². The number of benzene rings is 1. The minimum absolute atomic E-state index is 0.0526. The van der Waals surface area contributed by atoms with Crippen LogP contribution in [0.15, 0.2) is 29.4 Å². The molecule has 0 bridgehead atoms. The van der Waals surface area contributed by atoms with Crippen LogP contribution >= 0.6 is 11.8 Å². The third kappa shape index (κ3) is 4.24. The molecule has 0 fully saturated rings. The van der Waals surface area contributed by atoms with E-state index >= 15 is 0 Å². The maximum absolute atomic E-state index is 10.6. The lowest BCUT2D eigenvalue weighted by Gasteiger charge is -2.02. The standard InChI is InChI=1S/C11H11N5O4S/c17-10(18)7-15-11(12-13-14-15)21-6-5-8-1-3-9(4-2-8)16(19)20/h1-4H,5-7H2,(H,17,18). The van der Waals surface area contributed by atoms with Gasteiger partial charge in [0, 0.05) is 17.9 Å². The smallest absolute Gasteiger partial charge is 0.325 e. The second kappa shape index (κ2) is 6.79. The molecule has 21 heavy (non-hydrogen) atoms. The monoisotopic (exact) mass is 309 g/mol. The molecule has 1 aromatic carbocycles. The number of aromatic nitrogens is 4. The number of hydrogen-bond acceptors (Lipinski definition) is 7. The molecule has 0 amide bonds. The first-order valence-electron chi connectivity index (χ1n) is 5.90. The summed E-state index contributed by atoms with van der Waals surface area (Å²) in [6.07, 6.45) is 0.669. The lowest BCUT2D eigenvalue weighted by atomic mass is 10.1. The van der Waals surface area contributed by atoms with Crippen LogP contribution < -0.4 is 0 Å². The van der Waals surface area contributed by atoms with E-state index in [1.165, 1.54) is 28.6 Å². The minimum atomic E-state index is -1.01. The number of hydrogen-bond donors (Lipinski definition) is 1. The first-order chi connectivity index (χ1) is 10.1. The van der Waals surface area contributed by atoms with Crippen molar-refractivity contribution in [2.45, 2.75) is 18.1 Å². The molecule has 0 unspecified atom stereocenters. The van der Waals surface area contributed by atoms with Gasteiger partial charge in [0.1, 0.15) is 6.54 Å². The van der Waals surface area contributed by atoms with Crippen molar-refractivity contribution in [3.05, 3.63) is 39.9 Å². The maximum atomic E-state index is 10.6. The van der Waals surface area contributed by atoms with Gasteiger partial charge in [-0.15, -0.1) is 5.10 Å². The molecule has 1 heterocycles. The molecule has 0 radical (unpaired) electrons. The Morgan fingerprint density at radius 2 is 2.10 bits per heavy atom. The summed E-state index contributed by atoms with van der Waals surface area (Å²) in [6, 6.07) is 6.29. The molecule has 0 aliphatic rings. The SMILES string of the molecule is O=C(O)Cn1nnnc1SCCc1ccc([N+](=O)[O-])cc1. The highest BCUT2D eigenvalue weighted by molar-refractivity contribution is 7.99. The topological polar surface area (TPSA) is 124 Å². The minimum Gasteiger partial charge on any atom is -0.480 e. The maximum Gasteiger partial charge on any atom is 0.325 e. The molecule has 0 saturated heterocycles. The summed E-state index contributed by atoms with van der Waals surface area (Å²) in [7, 11) is 0. The van der Waals surface area contributed by atoms with Gasteiger partial charge in [-0.25, -0.2) is 4.68 Å². The first-order valence-corrected chi connectivity index (χ1v) is 6.89. The largest absolute Gasteiger partial charge is 0.480 e. The van der Waals surface area contributed by atoms with E-state index in [0.717, 1.165) is 5.56 Å². The van der Waals surface area contributed by atoms with E-state index in [9.17, 15) is 14.9 Å². The number of aliphatic carboxylic acids is 1. The average molecular weight is 309 g/mol. The fourth-order valence-corrected chi connectivity index (χ4v) is 2.44. The highest BCUT2D eigenvalue weighted by atomic mass is 32.2. The fraction of sp³-hybridized carbons (Fsp3) is 0.273. The zero-order valence-electron chi connectivity index (χ0n) is 10.7. The van der Waals surface area contributed by atoms with Gasteiger partial charge < -0.3 is 5.11 Å². The van der Waals surface area contributed by atoms with Crippen LogP contribution in [0.5, 0.6) is 0 Å². The molecule has 2 aromatic rings. The number of nitro benzene ring substituents is 1. The third-order valence-corrected chi connectivity index (χ3v) is 3.51. The van der Waals surface area contributed by atoms with E-state index in [-0.39, 0.29) is 12.2 Å². The normalized spacial score (nSPS) is 10.5. The van der Waals surface area contributed by atoms with Crippen molar-refractivity contribution in [3.8, 4) is 0 Å². The second-order valence-electron chi connectivity index (χ2n) is 4.03. The van der Waals surface area contributed by atoms with Gasteiger partial charge in [0.25, 0.3) is 5.69 Å². The molecule has 110 valence electrons. The molecule has 1 aromatic heterocycles. The molecule has 1 N–H and O–H groups in total. The summed E-state index contributed by atoms with van der Waals surface area (Å²) in [4.78, 5) is 20.7. The number of rotatable bonds is 7. The van der Waals surface area contributed by atoms with E-state index in [0.29, 0.717) is 17.3 Å². The molecule has 10 heteroatoms. The average Bonchev–Trinajstić information content (AvgIpc) is 2.86. The van der Waals surface area contributed by atoms with Crippen molar-refractivity contribution in [2.75, 3.05) is 5.75 Å². The molecule has 9 nitrogen and oxygen atoms in total. The Morgan fingerprint density at radius 3 is 2.71 bits per heavy atom. The van der Waals surface area contributed by atoms with Gasteiger partial charge in [0.05, 0.1) is 4.92 Å². The van der Waals surface area contributed by atoms with Crippen molar-refractivity contribution >= 4 is 23.4 Å². The summed E-state index contributed by atoms with van der Waals surface area (Å²) in [5.41, 5.74) is 1.00. The van der Waals surface area contributed by atoms with Crippen molar-refractivity contribution in [3.63, 3.8) is 0 Å². The number of nitrogens with zero attached hydrogens (tertiary/aromatic N) is 5. The Kier molecular flexibility index (Phi) is 4.82. The quantitative estimate of drug-likeness (QED) is 0.456. The molecule has 0 atom stereocenters. The van der Waals surface area contributed by atoms with Crippen LogP contribution in [-0.4, -0.2) is 42.0 Å². The summed E-state index contributed by atoms with van der Waals surface area (Å²) in [5.74, 6) is -0.378. The number of carboxylic acid groups (broad SMARTS) is 1. The van der Waals surface area contributed by atoms with Crippen LogP contribution in [0, 0.1) is 10.1 Å². The number of nitro groups is 1. The van der Waals surface area contributed by atoms with E-state index in [1.807, 2.05) is 0 Å². The van der Waals surface area contributed by atoms with Crippen molar-refractivity contribution < 1.29 is 14.8 Å². The van der Waals surface area contributed by atoms with Crippen LogP contribution in [0.4, 0.5) is 5.69 Å². The third-order valence-electron chi connectivity index (χ3n) is 2.55. The summed E-state index contributed by atoms with van der Waals surface area (Å²) < 4.78 is 1.21. The predicted molar refractivity (Wildman–Crippen MR) is 73.0 cm³/mol. The molecular formula is C11H11N5O4S. The van der Waals surface area contributed by atoms with Crippen molar-refractivity contribution in [1.82, 2.24) is 20.2 Å². The van der Waals surface area contributed by atoms with Crippen molar-refractivity contribution in [1.29, 1.82) is 0 Å². The van der Waals surface area contributed by atoms with Crippen LogP contribution in [0.25, 0.3) is 0 Å². The Morgan fingerprint density at radius 1 is 1.38 bits per heavy atom. The highest BCUT2D eigenvalue weighted by Crippen LogP contribution is 2.17. The van der Waals surface area contributed by atoms with Gasteiger partial charge in [-0.2, -0.15) is 0 Å². The van der Waals surface area contributed by atoms with Crippen molar-refractivity contribution in [2.24, 2.45) is 0 Å². The molecular weight excluding hydrogens is 298 g/mol. The van der Waals surface area contributed by atoms with Crippen LogP contribution in [0.3, 0.4) is 0 Å². The summed E-state index contributed by atoms with van der Waals surface area (Å²) >= 11 is 1.33. The van der Waals surface area contributed by atoms with Gasteiger partial charge in [0.15, 0.2) is 0 Å². The second-order valence-corrected chi connectivity index (χ2v) is 5.10. The lowest BCUT2D eigenvalue weighted by Crippen LogP contribution is -2.11. The molecule has 0 aliphatic carbocycles. The zero-order chi connectivity index (χ0) is 15.2. The number of non-ortho nitro benzene ring substituents is 1. The Balaban J connectivity index is 1.88. The Hall–Kier alpha value is -2.49. The lowest BCUT2D eigenvalue weighted by molar-refractivity contribution is -0.384. The molecule has 2 rings (SSSR count). The van der Waals surface area contributed by atoms with Crippen LogP contribution in [-0.2, 0) is 17.8 Å². The summed E-state index contributed by atoms with van der Waals surface area (Å²) in [6.45, 7) is -0.285. The van der Waals surface area contributed by atoms with E-state index in [4.69, 9.17) is 5.11 Å². The predicted octanol–water partition coefficient (Wildman–Crippen LogP) is 1.00. The van der Waals surface area contributed by atoms with Gasteiger partial charge in [0.2, 0.25) is 5.16 Å². The van der Waals surface area contributed by atoms with Gasteiger partial charge in [-0.1, -0.05) is 23.9 Å². The zero-order valence-corrected chi connectivity index (χ0v) is 11.6. The number of tetrazole rings is 1. The van der Waals surface area contributed by atoms with Crippen LogP contribution in [0.2, 0.25) is 0 Å². The first kappa shape index (κ1) is 14.9. The van der Waals surface area contributed by atoms with Gasteiger partial charge >= 0.3 is 5.97 Å². The van der Waals surface area contributed by atoms with Crippen LogP contribution in [0.1, 0.15) is 5.56 Å². The van der Waals surface area contributed by atoms with Gasteiger partial charge in [-0.05, 0) is 22.4 Å². The Bertz CT molecular complexity index is 642. The van der Waals surface area contributed by atoms with E-state index in [2.05, 4.69) is 15.5 Å². The van der Waals surface area contributed by atoms with Gasteiger partial charge in [-0.3, -0.25) is 14.9 Å². The molecule has 0 spiro atoms. The van der Waals surface area contributed by atoms with E-state index < -0.39 is 10.9 Å².